The van der Waals surface area contributed by atoms with E-state index in [2.05, 4.69) is 10.3 Å². The molecule has 0 aromatic rings. The molecule has 1 heterocycles. The molecule has 1 rings (SSSR count). The molecule has 1 N–H and O–H groups in total. The van der Waals surface area contributed by atoms with E-state index in [0.717, 1.165) is 5.57 Å². The molecule has 1 aliphatic heterocycles. The van der Waals surface area contributed by atoms with E-state index in [9.17, 15) is 0 Å². The third kappa shape index (κ3) is 1.29. The summed E-state index contributed by atoms with van der Waals surface area (Å²) in [5.41, 5.74) is 1.10. The number of nitrogens with zero attached hydrogens (tertiary/aromatic N) is 1. The molecule has 50 valence electrons. The summed E-state index contributed by atoms with van der Waals surface area (Å²) in [5, 5.41) is 2.87. The van der Waals surface area contributed by atoms with Gasteiger partial charge in [0, 0.05) is 13.3 Å². The highest BCUT2D eigenvalue weighted by Crippen LogP contribution is 2.06. The molecule has 0 saturated carbocycles. The van der Waals surface area contributed by atoms with Gasteiger partial charge in [-0.1, -0.05) is 0 Å². The molecular formula is C6H10N2O. The number of methoxy groups -OCH3 is 1. The molecule has 0 amide bonds. The molecule has 0 radical (unpaired) electrons. The minimum atomic E-state index is -0.0775. The van der Waals surface area contributed by atoms with Crippen LogP contribution in [0.2, 0.25) is 0 Å². The molecule has 0 fully saturated rings. The van der Waals surface area contributed by atoms with Crippen molar-refractivity contribution in [1.82, 2.24) is 5.32 Å². The number of aliphatic imine (C=N–C) groups is 1. The van der Waals surface area contributed by atoms with Gasteiger partial charge in [0.05, 0.1) is 6.34 Å². The maximum absolute atomic E-state index is 5.00. The highest BCUT2D eigenvalue weighted by atomic mass is 16.5. The first-order valence-corrected chi connectivity index (χ1v) is 2.82. The van der Waals surface area contributed by atoms with Gasteiger partial charge in [0.2, 0.25) is 0 Å². The first-order valence-electron chi connectivity index (χ1n) is 2.82. The van der Waals surface area contributed by atoms with E-state index < -0.39 is 0 Å². The Morgan fingerprint density at radius 1 is 1.78 bits per heavy atom. The monoisotopic (exact) mass is 126 g/mol. The van der Waals surface area contributed by atoms with Crippen molar-refractivity contribution in [2.24, 2.45) is 4.99 Å². The average Bonchev–Trinajstić information content (AvgIpc) is 1.89. The van der Waals surface area contributed by atoms with E-state index in [1.54, 1.807) is 13.4 Å². The molecule has 0 aromatic heterocycles. The number of nitrogens with one attached hydrogen (secondary N) is 1. The summed E-state index contributed by atoms with van der Waals surface area (Å²) >= 11 is 0. The van der Waals surface area contributed by atoms with Gasteiger partial charge < -0.3 is 10.1 Å². The highest BCUT2D eigenvalue weighted by Gasteiger charge is 2.07. The van der Waals surface area contributed by atoms with Crippen LogP contribution in [0.4, 0.5) is 0 Å². The van der Waals surface area contributed by atoms with Crippen LogP contribution < -0.4 is 5.32 Å². The van der Waals surface area contributed by atoms with Crippen molar-refractivity contribution in [3.05, 3.63) is 11.8 Å². The van der Waals surface area contributed by atoms with Gasteiger partial charge in [-0.3, -0.25) is 0 Å². The van der Waals surface area contributed by atoms with Gasteiger partial charge in [0.15, 0.2) is 6.23 Å². The fourth-order valence-electron chi connectivity index (χ4n) is 0.715. The van der Waals surface area contributed by atoms with Gasteiger partial charge in [0.1, 0.15) is 0 Å². The summed E-state index contributed by atoms with van der Waals surface area (Å²) in [6.45, 7) is 1.97. The second-order valence-electron chi connectivity index (χ2n) is 1.92. The Balaban J connectivity index is 2.59. The molecule has 9 heavy (non-hydrogen) atoms. The minimum Gasteiger partial charge on any atom is -0.356 e. The lowest BCUT2D eigenvalue weighted by Gasteiger charge is -2.13. The zero-order valence-corrected chi connectivity index (χ0v) is 5.59. The lowest BCUT2D eigenvalue weighted by Crippen LogP contribution is -2.19. The Hall–Kier alpha value is -0.830. The number of hydrogen-bond acceptors (Lipinski definition) is 3. The summed E-state index contributed by atoms with van der Waals surface area (Å²) in [4.78, 5) is 4.00. The second-order valence-corrected chi connectivity index (χ2v) is 1.92. The molecule has 1 unspecified atom stereocenters. The van der Waals surface area contributed by atoms with Crippen molar-refractivity contribution in [3.63, 3.8) is 0 Å². The van der Waals surface area contributed by atoms with Crippen LogP contribution in [-0.4, -0.2) is 19.7 Å². The van der Waals surface area contributed by atoms with Gasteiger partial charge in [0.25, 0.3) is 0 Å². The highest BCUT2D eigenvalue weighted by molar-refractivity contribution is 5.58. The van der Waals surface area contributed by atoms with E-state index in [1.165, 1.54) is 0 Å². The Labute approximate surface area is 54.4 Å². The van der Waals surface area contributed by atoms with Crippen LogP contribution in [0.1, 0.15) is 6.92 Å². The molecule has 1 atom stereocenters. The van der Waals surface area contributed by atoms with Crippen LogP contribution in [0.5, 0.6) is 0 Å². The van der Waals surface area contributed by atoms with Crippen LogP contribution in [0.15, 0.2) is 16.8 Å². The topological polar surface area (TPSA) is 33.6 Å². The third-order valence-corrected chi connectivity index (χ3v) is 1.21. The summed E-state index contributed by atoms with van der Waals surface area (Å²) in [6.07, 6.45) is 3.42. The largest absolute Gasteiger partial charge is 0.356 e. The SMILES string of the molecule is COC1N=CNC=C1C. The second kappa shape index (κ2) is 2.64. The minimum absolute atomic E-state index is 0.0775. The van der Waals surface area contributed by atoms with Gasteiger partial charge in [-0.15, -0.1) is 0 Å². The molecule has 1 aliphatic rings. The van der Waals surface area contributed by atoms with E-state index in [-0.39, 0.29) is 6.23 Å². The molecule has 0 saturated heterocycles. The normalized spacial score (nSPS) is 25.1. The van der Waals surface area contributed by atoms with Crippen molar-refractivity contribution in [3.8, 4) is 0 Å². The zero-order chi connectivity index (χ0) is 6.69. The van der Waals surface area contributed by atoms with Gasteiger partial charge in [-0.2, -0.15) is 0 Å². The zero-order valence-electron chi connectivity index (χ0n) is 5.59. The molecule has 0 bridgehead atoms. The lowest BCUT2D eigenvalue weighted by atomic mass is 10.3. The van der Waals surface area contributed by atoms with E-state index in [4.69, 9.17) is 4.74 Å². The van der Waals surface area contributed by atoms with Crippen molar-refractivity contribution < 1.29 is 4.74 Å². The quantitative estimate of drug-likeness (QED) is 0.555. The number of hydrogen-bond donors (Lipinski definition) is 1. The molecule has 3 nitrogen and oxygen atoms in total. The third-order valence-electron chi connectivity index (χ3n) is 1.21. The first kappa shape index (κ1) is 6.29. The van der Waals surface area contributed by atoms with E-state index in [1.807, 2.05) is 13.1 Å². The van der Waals surface area contributed by atoms with Crippen LogP contribution in [0.25, 0.3) is 0 Å². The molecule has 0 aliphatic carbocycles. The number of rotatable bonds is 1. The molecule has 3 heteroatoms. The van der Waals surface area contributed by atoms with Crippen molar-refractivity contribution >= 4 is 6.34 Å². The summed E-state index contributed by atoms with van der Waals surface area (Å²) in [7, 11) is 1.64. The van der Waals surface area contributed by atoms with Gasteiger partial charge >= 0.3 is 0 Å². The Bertz CT molecular complexity index is 151. The fourth-order valence-corrected chi connectivity index (χ4v) is 0.715. The molecular weight excluding hydrogens is 116 g/mol. The van der Waals surface area contributed by atoms with Gasteiger partial charge in [-0.25, -0.2) is 4.99 Å². The maximum atomic E-state index is 5.00. The fraction of sp³-hybridized carbons (Fsp3) is 0.500. The maximum Gasteiger partial charge on any atom is 0.172 e. The predicted molar refractivity (Wildman–Crippen MR) is 36.2 cm³/mol. The lowest BCUT2D eigenvalue weighted by molar-refractivity contribution is 0.138. The van der Waals surface area contributed by atoms with Crippen LogP contribution in [0, 0.1) is 0 Å². The van der Waals surface area contributed by atoms with Gasteiger partial charge in [-0.05, 0) is 12.5 Å². The summed E-state index contributed by atoms with van der Waals surface area (Å²) < 4.78 is 5.00. The Kier molecular flexibility index (Phi) is 1.85. The van der Waals surface area contributed by atoms with Crippen LogP contribution in [-0.2, 0) is 4.74 Å². The Morgan fingerprint density at radius 3 is 3.00 bits per heavy atom. The molecule has 0 spiro atoms. The van der Waals surface area contributed by atoms with E-state index >= 15 is 0 Å². The summed E-state index contributed by atoms with van der Waals surface area (Å²) in [5.74, 6) is 0. The first-order chi connectivity index (χ1) is 4.34. The van der Waals surface area contributed by atoms with Crippen molar-refractivity contribution in [2.75, 3.05) is 7.11 Å². The molecule has 0 aromatic carbocycles. The standard InChI is InChI=1S/C6H10N2O/c1-5-3-7-4-8-6(5)9-2/h3-4,6H,1-2H3,(H,7,8). The van der Waals surface area contributed by atoms with Crippen LogP contribution in [0.3, 0.4) is 0 Å². The number of ether oxygens (including phenoxy) is 1. The Morgan fingerprint density at radius 2 is 2.56 bits per heavy atom. The van der Waals surface area contributed by atoms with Crippen molar-refractivity contribution in [2.45, 2.75) is 13.2 Å². The van der Waals surface area contributed by atoms with E-state index in [0.29, 0.717) is 0 Å². The smallest absolute Gasteiger partial charge is 0.172 e. The van der Waals surface area contributed by atoms with Crippen molar-refractivity contribution in [1.29, 1.82) is 0 Å². The van der Waals surface area contributed by atoms with Crippen LogP contribution >= 0.6 is 0 Å². The average molecular weight is 126 g/mol. The summed E-state index contributed by atoms with van der Waals surface area (Å²) in [6, 6.07) is 0. The predicted octanol–water partition coefficient (Wildman–Crippen LogP) is 0.494.